The third-order valence-corrected chi connectivity index (χ3v) is 9.10. The molecule has 4 nitrogen and oxygen atoms in total. The van der Waals surface area contributed by atoms with Crippen LogP contribution in [0.1, 0.15) is 0 Å². The van der Waals surface area contributed by atoms with Gasteiger partial charge in [-0.2, -0.15) is 0 Å². The van der Waals surface area contributed by atoms with E-state index < -0.39 is 0 Å². The lowest BCUT2D eigenvalue weighted by molar-refractivity contribution is 1.18. The van der Waals surface area contributed by atoms with Gasteiger partial charge in [0.2, 0.25) is 0 Å². The SMILES string of the molecule is c1cc(-c2ccc3c4ccccc4c4ccccc4c3c2)cc(-c2ccccc2-c2nc(-c3ccncc3)cc(-c3ccncc3)n2)c1. The van der Waals surface area contributed by atoms with Gasteiger partial charge in [0.25, 0.3) is 0 Å². The summed E-state index contributed by atoms with van der Waals surface area (Å²) in [7, 11) is 0. The number of benzene rings is 6. The van der Waals surface area contributed by atoms with E-state index in [1.807, 2.05) is 30.3 Å². The monoisotopic (exact) mass is 612 g/mol. The number of rotatable bonds is 5. The molecule has 9 aromatic rings. The van der Waals surface area contributed by atoms with E-state index in [-0.39, 0.29) is 0 Å². The molecule has 0 aliphatic heterocycles. The molecular weight excluding hydrogens is 585 g/mol. The summed E-state index contributed by atoms with van der Waals surface area (Å²) in [6, 6.07) is 51.4. The Bertz CT molecular complexity index is 2520. The predicted molar refractivity (Wildman–Crippen MR) is 197 cm³/mol. The Labute approximate surface area is 278 Å². The minimum absolute atomic E-state index is 0.668. The Kier molecular flexibility index (Phi) is 6.76. The van der Waals surface area contributed by atoms with Crippen molar-refractivity contribution < 1.29 is 0 Å². The summed E-state index contributed by atoms with van der Waals surface area (Å²) in [4.78, 5) is 18.6. The highest BCUT2D eigenvalue weighted by atomic mass is 14.9. The van der Waals surface area contributed by atoms with Crippen LogP contribution in [0.2, 0.25) is 0 Å². The number of nitrogens with zero attached hydrogens (tertiary/aromatic N) is 4. The molecule has 6 aromatic carbocycles. The lowest BCUT2D eigenvalue weighted by atomic mass is 9.91. The molecule has 0 fully saturated rings. The van der Waals surface area contributed by atoms with Crippen LogP contribution >= 0.6 is 0 Å². The van der Waals surface area contributed by atoms with E-state index in [0.717, 1.165) is 44.8 Å². The van der Waals surface area contributed by atoms with Crippen LogP contribution < -0.4 is 0 Å². The van der Waals surface area contributed by atoms with Crippen LogP contribution in [-0.4, -0.2) is 19.9 Å². The van der Waals surface area contributed by atoms with Crippen LogP contribution in [0.3, 0.4) is 0 Å². The summed E-state index contributed by atoms with van der Waals surface area (Å²) in [6.07, 6.45) is 7.17. The van der Waals surface area contributed by atoms with Gasteiger partial charge < -0.3 is 0 Å². The molecule has 0 saturated carbocycles. The van der Waals surface area contributed by atoms with Crippen LogP contribution in [0.15, 0.2) is 170 Å². The normalized spacial score (nSPS) is 11.3. The Morgan fingerprint density at radius 2 is 0.771 bits per heavy atom. The molecule has 224 valence electrons. The zero-order valence-corrected chi connectivity index (χ0v) is 26.0. The molecule has 4 heteroatoms. The quantitative estimate of drug-likeness (QED) is 0.181. The summed E-state index contributed by atoms with van der Waals surface area (Å²) in [5.41, 5.74) is 9.14. The lowest BCUT2D eigenvalue weighted by Gasteiger charge is -2.14. The minimum Gasteiger partial charge on any atom is -0.265 e. The zero-order chi connectivity index (χ0) is 31.9. The molecule has 0 radical (unpaired) electrons. The first-order valence-electron chi connectivity index (χ1n) is 16.0. The van der Waals surface area contributed by atoms with Crippen LogP contribution in [-0.2, 0) is 0 Å². The first kappa shape index (κ1) is 27.8. The fourth-order valence-electron chi connectivity index (χ4n) is 6.79. The van der Waals surface area contributed by atoms with Gasteiger partial charge >= 0.3 is 0 Å². The molecule has 0 atom stereocenters. The highest BCUT2D eigenvalue weighted by molar-refractivity contribution is 6.25. The fourth-order valence-corrected chi connectivity index (χ4v) is 6.79. The molecule has 0 aliphatic carbocycles. The van der Waals surface area contributed by atoms with Crippen molar-refractivity contribution in [3.63, 3.8) is 0 Å². The van der Waals surface area contributed by atoms with Crippen LogP contribution in [0, 0.1) is 0 Å². The Morgan fingerprint density at radius 3 is 1.38 bits per heavy atom. The van der Waals surface area contributed by atoms with Gasteiger partial charge in [-0.3, -0.25) is 9.97 Å². The van der Waals surface area contributed by atoms with Crippen molar-refractivity contribution in [3.8, 4) is 56.2 Å². The second kappa shape index (κ2) is 11.7. The Hall–Kier alpha value is -6.52. The largest absolute Gasteiger partial charge is 0.265 e. The predicted octanol–water partition coefficient (Wildman–Crippen LogP) is 11.1. The van der Waals surface area contributed by atoms with Crippen molar-refractivity contribution in [1.29, 1.82) is 0 Å². The number of hydrogen-bond acceptors (Lipinski definition) is 4. The summed E-state index contributed by atoms with van der Waals surface area (Å²) >= 11 is 0. The summed E-state index contributed by atoms with van der Waals surface area (Å²) in [5, 5.41) is 7.64. The summed E-state index contributed by atoms with van der Waals surface area (Å²) in [6.45, 7) is 0. The molecular formula is C44H28N4. The molecule has 0 unspecified atom stereocenters. The van der Waals surface area contributed by atoms with E-state index in [2.05, 4.69) is 125 Å². The number of pyridine rings is 2. The van der Waals surface area contributed by atoms with Crippen LogP contribution in [0.5, 0.6) is 0 Å². The standard InChI is InChI=1S/C44H28N4/c1-6-15-40(44-47-42(29-18-22-45-23-19-29)28-43(48-44)30-20-24-46-25-21-30)34(10-1)33-9-7-8-31(26-33)32-16-17-39-37-13-3-2-11-35(37)36-12-4-5-14-38(36)41(39)27-32/h1-28H. The summed E-state index contributed by atoms with van der Waals surface area (Å²) in [5.74, 6) is 0.668. The van der Waals surface area contributed by atoms with Gasteiger partial charge in [0, 0.05) is 41.5 Å². The molecule has 0 aliphatic rings. The van der Waals surface area contributed by atoms with Gasteiger partial charge in [-0.1, -0.05) is 103 Å². The van der Waals surface area contributed by atoms with E-state index in [9.17, 15) is 0 Å². The van der Waals surface area contributed by atoms with Crippen LogP contribution in [0.4, 0.5) is 0 Å². The number of aromatic nitrogens is 4. The topological polar surface area (TPSA) is 51.6 Å². The second-order valence-corrected chi connectivity index (χ2v) is 11.9. The van der Waals surface area contributed by atoms with Crippen molar-refractivity contribution in [2.24, 2.45) is 0 Å². The van der Waals surface area contributed by atoms with E-state index in [1.54, 1.807) is 24.8 Å². The molecule has 48 heavy (non-hydrogen) atoms. The highest BCUT2D eigenvalue weighted by Gasteiger charge is 2.15. The average molecular weight is 613 g/mol. The molecule has 0 bridgehead atoms. The lowest BCUT2D eigenvalue weighted by Crippen LogP contribution is -1.97. The van der Waals surface area contributed by atoms with E-state index in [0.29, 0.717) is 5.82 Å². The third kappa shape index (κ3) is 4.88. The van der Waals surface area contributed by atoms with Crippen molar-refractivity contribution in [3.05, 3.63) is 170 Å². The molecule has 9 rings (SSSR count). The van der Waals surface area contributed by atoms with Gasteiger partial charge in [-0.15, -0.1) is 0 Å². The van der Waals surface area contributed by atoms with Gasteiger partial charge in [-0.25, -0.2) is 9.97 Å². The maximum atomic E-state index is 5.10. The maximum absolute atomic E-state index is 5.10. The van der Waals surface area contributed by atoms with Crippen molar-refractivity contribution in [2.45, 2.75) is 0 Å². The van der Waals surface area contributed by atoms with Gasteiger partial charge in [0.05, 0.1) is 11.4 Å². The first-order valence-corrected chi connectivity index (χ1v) is 16.0. The third-order valence-electron chi connectivity index (χ3n) is 9.10. The molecule has 0 N–H and O–H groups in total. The highest BCUT2D eigenvalue weighted by Crippen LogP contribution is 2.39. The maximum Gasteiger partial charge on any atom is 0.161 e. The number of fused-ring (bicyclic) bond motifs is 6. The molecule has 0 amide bonds. The molecule has 3 heterocycles. The Balaban J connectivity index is 1.19. The van der Waals surface area contributed by atoms with E-state index in [1.165, 1.54) is 37.9 Å². The van der Waals surface area contributed by atoms with Crippen molar-refractivity contribution in [2.75, 3.05) is 0 Å². The zero-order valence-electron chi connectivity index (χ0n) is 26.0. The van der Waals surface area contributed by atoms with E-state index >= 15 is 0 Å². The molecule has 0 saturated heterocycles. The first-order chi connectivity index (χ1) is 23.8. The Morgan fingerprint density at radius 1 is 0.292 bits per heavy atom. The molecule has 3 aromatic heterocycles. The number of hydrogen-bond donors (Lipinski definition) is 0. The smallest absolute Gasteiger partial charge is 0.161 e. The van der Waals surface area contributed by atoms with Gasteiger partial charge in [-0.05, 0) is 97.0 Å². The summed E-state index contributed by atoms with van der Waals surface area (Å²) < 4.78 is 0. The van der Waals surface area contributed by atoms with Crippen LogP contribution in [0.25, 0.3) is 88.5 Å². The van der Waals surface area contributed by atoms with Crippen molar-refractivity contribution >= 4 is 32.3 Å². The van der Waals surface area contributed by atoms with Gasteiger partial charge in [0.15, 0.2) is 5.82 Å². The average Bonchev–Trinajstić information content (AvgIpc) is 3.18. The van der Waals surface area contributed by atoms with Gasteiger partial charge in [0.1, 0.15) is 0 Å². The van der Waals surface area contributed by atoms with E-state index in [4.69, 9.17) is 9.97 Å². The second-order valence-electron chi connectivity index (χ2n) is 11.9. The molecule has 0 spiro atoms. The minimum atomic E-state index is 0.668. The fraction of sp³-hybridized carbons (Fsp3) is 0. The van der Waals surface area contributed by atoms with Crippen molar-refractivity contribution in [1.82, 2.24) is 19.9 Å².